The smallest absolute Gasteiger partial charge is 0.248 e. The molecule has 0 bridgehead atoms. The highest BCUT2D eigenvalue weighted by Gasteiger charge is 2.22. The molecule has 1 amide bonds. The molecule has 0 unspecified atom stereocenters. The second-order valence-electron chi connectivity index (χ2n) is 6.22. The van der Waals surface area contributed by atoms with E-state index in [1.54, 1.807) is 39.0 Å². The zero-order valence-electron chi connectivity index (χ0n) is 13.7. The first-order chi connectivity index (χ1) is 11.2. The van der Waals surface area contributed by atoms with Crippen molar-refractivity contribution >= 4 is 39.0 Å². The van der Waals surface area contributed by atoms with E-state index >= 15 is 0 Å². The van der Waals surface area contributed by atoms with E-state index in [1.807, 2.05) is 17.5 Å². The van der Waals surface area contributed by atoms with Gasteiger partial charge in [-0.05, 0) is 56.5 Å². The van der Waals surface area contributed by atoms with Crippen LogP contribution in [0.4, 0.5) is 5.69 Å². The van der Waals surface area contributed by atoms with Crippen molar-refractivity contribution in [1.82, 2.24) is 4.72 Å². The average Bonchev–Trinajstić information content (AvgIpc) is 2.96. The summed E-state index contributed by atoms with van der Waals surface area (Å²) in [5.41, 5.74) is -0.158. The van der Waals surface area contributed by atoms with Gasteiger partial charge >= 0.3 is 0 Å². The largest absolute Gasteiger partial charge is 0.322 e. The average molecular weight is 364 g/mol. The summed E-state index contributed by atoms with van der Waals surface area (Å²) in [6.45, 7) is 5.31. The molecule has 2 N–H and O–H groups in total. The molecule has 0 radical (unpaired) electrons. The summed E-state index contributed by atoms with van der Waals surface area (Å²) in [6.07, 6.45) is 3.13. The van der Waals surface area contributed by atoms with E-state index in [2.05, 4.69) is 10.0 Å². The monoisotopic (exact) mass is 364 g/mol. The van der Waals surface area contributed by atoms with Crippen molar-refractivity contribution in [2.24, 2.45) is 0 Å². The van der Waals surface area contributed by atoms with Gasteiger partial charge in [0.1, 0.15) is 0 Å². The van der Waals surface area contributed by atoms with Crippen LogP contribution in [0.5, 0.6) is 0 Å². The van der Waals surface area contributed by atoms with Gasteiger partial charge in [-0.1, -0.05) is 12.1 Å². The van der Waals surface area contributed by atoms with Crippen molar-refractivity contribution in [3.8, 4) is 0 Å². The van der Waals surface area contributed by atoms with Gasteiger partial charge in [0, 0.05) is 22.2 Å². The predicted octanol–water partition coefficient (Wildman–Crippen LogP) is 3.48. The molecule has 24 heavy (non-hydrogen) atoms. The number of hydrogen-bond acceptors (Lipinski definition) is 4. The molecule has 1 aromatic carbocycles. The van der Waals surface area contributed by atoms with Crippen molar-refractivity contribution in [3.63, 3.8) is 0 Å². The molecule has 2 rings (SSSR count). The lowest BCUT2D eigenvalue weighted by Crippen LogP contribution is -2.40. The minimum atomic E-state index is -3.64. The molecule has 0 saturated heterocycles. The fourth-order valence-electron chi connectivity index (χ4n) is 1.93. The molecule has 0 atom stereocenters. The third-order valence-electron chi connectivity index (χ3n) is 2.79. The highest BCUT2D eigenvalue weighted by molar-refractivity contribution is 7.89. The number of benzene rings is 1. The highest BCUT2D eigenvalue weighted by Crippen LogP contribution is 2.18. The Morgan fingerprint density at radius 1 is 1.17 bits per heavy atom. The van der Waals surface area contributed by atoms with Crippen LogP contribution in [0.1, 0.15) is 25.6 Å². The van der Waals surface area contributed by atoms with Gasteiger partial charge in [-0.3, -0.25) is 4.79 Å². The fraction of sp³-hybridized carbons (Fsp3) is 0.235. The van der Waals surface area contributed by atoms with Gasteiger partial charge in [-0.25, -0.2) is 13.1 Å². The van der Waals surface area contributed by atoms with Gasteiger partial charge in [0.15, 0.2) is 0 Å². The maximum absolute atomic E-state index is 12.3. The van der Waals surface area contributed by atoms with Gasteiger partial charge in [0.2, 0.25) is 15.9 Å². The SMILES string of the molecule is CC(C)(C)NS(=O)(=O)c1cccc(NC(=O)/C=C/c2cccs2)c1. The number of carbonyl (C=O) groups is 1. The predicted molar refractivity (Wildman–Crippen MR) is 98.5 cm³/mol. The molecule has 5 nitrogen and oxygen atoms in total. The molecule has 7 heteroatoms. The molecule has 0 spiro atoms. The van der Waals surface area contributed by atoms with E-state index in [4.69, 9.17) is 0 Å². The van der Waals surface area contributed by atoms with E-state index in [9.17, 15) is 13.2 Å². The Bertz CT molecular complexity index is 833. The van der Waals surface area contributed by atoms with Gasteiger partial charge in [0.05, 0.1) is 4.90 Å². The number of amides is 1. The van der Waals surface area contributed by atoms with Crippen LogP contribution in [0.2, 0.25) is 0 Å². The Labute approximate surface area is 146 Å². The van der Waals surface area contributed by atoms with Crippen molar-refractivity contribution in [2.45, 2.75) is 31.2 Å². The van der Waals surface area contributed by atoms with Crippen LogP contribution in [0.25, 0.3) is 6.08 Å². The molecule has 1 heterocycles. The number of nitrogens with one attached hydrogen (secondary N) is 2. The van der Waals surface area contributed by atoms with E-state index in [1.165, 1.54) is 29.5 Å². The van der Waals surface area contributed by atoms with Gasteiger partial charge in [-0.2, -0.15) is 0 Å². The molecule has 0 aliphatic heterocycles. The Morgan fingerprint density at radius 2 is 1.92 bits per heavy atom. The van der Waals surface area contributed by atoms with E-state index < -0.39 is 15.6 Å². The Balaban J connectivity index is 2.11. The first kappa shape index (κ1) is 18.4. The highest BCUT2D eigenvalue weighted by atomic mass is 32.2. The minimum absolute atomic E-state index is 0.109. The summed E-state index contributed by atoms with van der Waals surface area (Å²) >= 11 is 1.53. The number of hydrogen-bond donors (Lipinski definition) is 2. The summed E-state index contributed by atoms with van der Waals surface area (Å²) in [5.74, 6) is -0.318. The van der Waals surface area contributed by atoms with Crippen molar-refractivity contribution in [1.29, 1.82) is 0 Å². The fourth-order valence-corrected chi connectivity index (χ4v) is 4.01. The van der Waals surface area contributed by atoms with Gasteiger partial charge in [-0.15, -0.1) is 11.3 Å². The Kier molecular flexibility index (Phi) is 5.58. The van der Waals surface area contributed by atoms with Crippen LogP contribution in [0.15, 0.2) is 52.7 Å². The third-order valence-corrected chi connectivity index (χ3v) is 5.39. The van der Waals surface area contributed by atoms with E-state index in [0.717, 1.165) is 4.88 Å². The minimum Gasteiger partial charge on any atom is -0.322 e. The molecule has 1 aromatic heterocycles. The lowest BCUT2D eigenvalue weighted by molar-refractivity contribution is -0.111. The van der Waals surface area contributed by atoms with Crippen LogP contribution in [0, 0.1) is 0 Å². The van der Waals surface area contributed by atoms with E-state index in [-0.39, 0.29) is 10.8 Å². The third kappa shape index (κ3) is 5.59. The Hall–Kier alpha value is -1.96. The first-order valence-electron chi connectivity index (χ1n) is 7.32. The number of rotatable bonds is 5. The van der Waals surface area contributed by atoms with Crippen LogP contribution in [0.3, 0.4) is 0 Å². The van der Waals surface area contributed by atoms with Gasteiger partial charge < -0.3 is 5.32 Å². The zero-order valence-corrected chi connectivity index (χ0v) is 15.4. The summed E-state index contributed by atoms with van der Waals surface area (Å²) in [5, 5.41) is 4.59. The summed E-state index contributed by atoms with van der Waals surface area (Å²) in [4.78, 5) is 13.0. The second kappa shape index (κ2) is 7.29. The first-order valence-corrected chi connectivity index (χ1v) is 9.69. The number of carbonyl (C=O) groups excluding carboxylic acids is 1. The normalized spacial score (nSPS) is 12.5. The summed E-state index contributed by atoms with van der Waals surface area (Å²) in [7, 11) is -3.64. The van der Waals surface area contributed by atoms with Crippen LogP contribution < -0.4 is 10.0 Å². The van der Waals surface area contributed by atoms with Crippen molar-refractivity contribution in [3.05, 3.63) is 52.7 Å². The van der Waals surface area contributed by atoms with Crippen molar-refractivity contribution in [2.75, 3.05) is 5.32 Å². The maximum Gasteiger partial charge on any atom is 0.248 e. The molecule has 2 aromatic rings. The molecule has 0 aliphatic rings. The molecular weight excluding hydrogens is 344 g/mol. The van der Waals surface area contributed by atoms with Crippen LogP contribution in [-0.4, -0.2) is 19.9 Å². The molecular formula is C17H20N2O3S2. The second-order valence-corrected chi connectivity index (χ2v) is 8.88. The molecule has 0 aliphatic carbocycles. The molecule has 128 valence electrons. The molecule has 0 saturated carbocycles. The quantitative estimate of drug-likeness (QED) is 0.798. The zero-order chi connectivity index (χ0) is 17.8. The summed E-state index contributed by atoms with van der Waals surface area (Å²) in [6, 6.07) is 9.97. The number of thiophene rings is 1. The number of anilines is 1. The lowest BCUT2D eigenvalue weighted by atomic mass is 10.1. The summed E-state index contributed by atoms with van der Waals surface area (Å²) < 4.78 is 27.2. The molecule has 0 fully saturated rings. The standard InChI is InChI=1S/C17H20N2O3S2/c1-17(2,3)19-24(21,22)15-8-4-6-13(12-15)18-16(20)10-9-14-7-5-11-23-14/h4-12,19H,1-3H3,(H,18,20)/b10-9+. The van der Waals surface area contributed by atoms with Crippen LogP contribution >= 0.6 is 11.3 Å². The topological polar surface area (TPSA) is 75.3 Å². The lowest BCUT2D eigenvalue weighted by Gasteiger charge is -2.20. The number of sulfonamides is 1. The van der Waals surface area contributed by atoms with Crippen molar-refractivity contribution < 1.29 is 13.2 Å². The van der Waals surface area contributed by atoms with Gasteiger partial charge in [0.25, 0.3) is 0 Å². The van der Waals surface area contributed by atoms with Crippen LogP contribution in [-0.2, 0) is 14.8 Å². The van der Waals surface area contributed by atoms with E-state index in [0.29, 0.717) is 5.69 Å². The Morgan fingerprint density at radius 3 is 2.54 bits per heavy atom. The maximum atomic E-state index is 12.3.